The largest absolute Gasteiger partial charge is 0.496 e. The molecule has 0 fully saturated rings. The minimum atomic E-state index is -4.37. The fraction of sp³-hybridized carbons (Fsp3) is 0.154. The van der Waals surface area contributed by atoms with Gasteiger partial charge in [0.05, 0.1) is 12.8 Å². The van der Waals surface area contributed by atoms with E-state index in [4.69, 9.17) is 4.74 Å². The molecule has 0 saturated carbocycles. The Kier molecular flexibility index (Phi) is 3.65. The van der Waals surface area contributed by atoms with Gasteiger partial charge in [-0.05, 0) is 18.2 Å². The first-order chi connectivity index (χ1) is 9.34. The molecule has 0 spiro atoms. The molecule has 0 unspecified atom stereocenters. The van der Waals surface area contributed by atoms with Crippen LogP contribution in [0.2, 0.25) is 0 Å². The highest BCUT2D eigenvalue weighted by Crippen LogP contribution is 2.36. The Balaban J connectivity index is 2.89. The molecule has 0 atom stereocenters. The number of carbonyl (C=O) groups excluding carboxylic acids is 1. The topological polar surface area (TPSA) is 92.7 Å². The van der Waals surface area contributed by atoms with Crippen LogP contribution in [-0.2, 0) is 14.9 Å². The second kappa shape index (κ2) is 5.10. The first-order valence-electron chi connectivity index (χ1n) is 5.69. The molecule has 6 nitrogen and oxygen atoms in total. The van der Waals surface area contributed by atoms with Gasteiger partial charge in [0.15, 0.2) is 0 Å². The predicted octanol–water partition coefficient (Wildman–Crippen LogP) is 2.05. The quantitative estimate of drug-likeness (QED) is 0.845. The number of carbonyl (C=O) groups is 1. The molecule has 2 aromatic carbocycles. The lowest BCUT2D eigenvalue weighted by Crippen LogP contribution is -2.08. The summed E-state index contributed by atoms with van der Waals surface area (Å²) in [6.07, 6.45) is 0. The van der Waals surface area contributed by atoms with Crippen LogP contribution >= 0.6 is 0 Å². The summed E-state index contributed by atoms with van der Waals surface area (Å²) >= 11 is 0. The molecule has 2 rings (SSSR count). The van der Waals surface area contributed by atoms with Crippen molar-refractivity contribution in [2.75, 3.05) is 12.4 Å². The van der Waals surface area contributed by atoms with Crippen LogP contribution in [0, 0.1) is 0 Å². The van der Waals surface area contributed by atoms with Gasteiger partial charge in [-0.2, -0.15) is 8.42 Å². The molecular weight excluding hydrogens is 282 g/mol. The van der Waals surface area contributed by atoms with Crippen LogP contribution in [0.5, 0.6) is 5.75 Å². The molecule has 0 aliphatic carbocycles. The van der Waals surface area contributed by atoms with Crippen LogP contribution < -0.4 is 10.1 Å². The molecule has 0 saturated heterocycles. The summed E-state index contributed by atoms with van der Waals surface area (Å²) in [5.41, 5.74) is 0.414. The fourth-order valence-electron chi connectivity index (χ4n) is 2.04. The Morgan fingerprint density at radius 3 is 2.50 bits per heavy atom. The van der Waals surface area contributed by atoms with E-state index in [-0.39, 0.29) is 16.2 Å². The van der Waals surface area contributed by atoms with Crippen molar-refractivity contribution in [3.05, 3.63) is 30.3 Å². The number of methoxy groups -OCH3 is 1. The maximum Gasteiger partial charge on any atom is 0.295 e. The molecule has 0 bridgehead atoms. The van der Waals surface area contributed by atoms with E-state index in [1.807, 2.05) is 0 Å². The number of anilines is 1. The number of hydrogen-bond donors (Lipinski definition) is 2. The SMILES string of the molecule is COc1cccc2c(S(=O)(=O)O)ccc(NC(C)=O)c12. The van der Waals surface area contributed by atoms with Crippen molar-refractivity contribution in [1.29, 1.82) is 0 Å². The van der Waals surface area contributed by atoms with E-state index in [0.29, 0.717) is 16.8 Å². The van der Waals surface area contributed by atoms with Crippen molar-refractivity contribution in [2.45, 2.75) is 11.8 Å². The summed E-state index contributed by atoms with van der Waals surface area (Å²) in [5, 5.41) is 3.30. The number of amides is 1. The van der Waals surface area contributed by atoms with Crippen LogP contribution in [0.4, 0.5) is 5.69 Å². The van der Waals surface area contributed by atoms with Gasteiger partial charge >= 0.3 is 0 Å². The van der Waals surface area contributed by atoms with Crippen LogP contribution in [-0.4, -0.2) is 26.0 Å². The van der Waals surface area contributed by atoms with Gasteiger partial charge in [-0.1, -0.05) is 12.1 Å². The number of nitrogens with one attached hydrogen (secondary N) is 1. The average Bonchev–Trinajstić information content (AvgIpc) is 2.36. The van der Waals surface area contributed by atoms with Crippen molar-refractivity contribution in [1.82, 2.24) is 0 Å². The van der Waals surface area contributed by atoms with Gasteiger partial charge in [-0.3, -0.25) is 9.35 Å². The van der Waals surface area contributed by atoms with Gasteiger partial charge in [0.25, 0.3) is 10.1 Å². The third-order valence-electron chi connectivity index (χ3n) is 2.77. The molecule has 106 valence electrons. The van der Waals surface area contributed by atoms with E-state index in [1.54, 1.807) is 12.1 Å². The first-order valence-corrected chi connectivity index (χ1v) is 7.13. The average molecular weight is 295 g/mol. The van der Waals surface area contributed by atoms with Gasteiger partial charge in [0, 0.05) is 17.7 Å². The standard InChI is InChI=1S/C13H13NO5S/c1-8(15)14-10-6-7-12(20(16,17)18)9-4-3-5-11(19-2)13(9)10/h3-7H,1-2H3,(H,14,15)(H,16,17,18). The molecule has 1 amide bonds. The molecule has 0 aromatic heterocycles. The number of ether oxygens (including phenoxy) is 1. The lowest BCUT2D eigenvalue weighted by molar-refractivity contribution is -0.114. The number of hydrogen-bond acceptors (Lipinski definition) is 4. The van der Waals surface area contributed by atoms with Gasteiger partial charge in [-0.15, -0.1) is 0 Å². The van der Waals surface area contributed by atoms with Crippen LogP contribution in [0.15, 0.2) is 35.2 Å². The zero-order valence-electron chi connectivity index (χ0n) is 10.9. The second-order valence-corrected chi connectivity index (χ2v) is 5.54. The van der Waals surface area contributed by atoms with Crippen molar-refractivity contribution < 1.29 is 22.5 Å². The summed E-state index contributed by atoms with van der Waals surface area (Å²) < 4.78 is 37.3. The van der Waals surface area contributed by atoms with Gasteiger partial charge < -0.3 is 10.1 Å². The monoisotopic (exact) mass is 295 g/mol. The zero-order chi connectivity index (χ0) is 14.9. The van der Waals surface area contributed by atoms with E-state index >= 15 is 0 Å². The summed E-state index contributed by atoms with van der Waals surface area (Å²) in [5.74, 6) is 0.105. The molecule has 2 aromatic rings. The lowest BCUT2D eigenvalue weighted by Gasteiger charge is -2.13. The van der Waals surface area contributed by atoms with E-state index in [9.17, 15) is 17.8 Å². The van der Waals surface area contributed by atoms with E-state index < -0.39 is 10.1 Å². The second-order valence-electron chi connectivity index (χ2n) is 4.15. The van der Waals surface area contributed by atoms with Crippen LogP contribution in [0.3, 0.4) is 0 Å². The number of benzene rings is 2. The van der Waals surface area contributed by atoms with E-state index in [0.717, 1.165) is 0 Å². The van der Waals surface area contributed by atoms with Crippen molar-refractivity contribution in [3.63, 3.8) is 0 Å². The number of fused-ring (bicyclic) bond motifs is 1. The highest BCUT2D eigenvalue weighted by atomic mass is 32.2. The summed E-state index contributed by atoms with van der Waals surface area (Å²) in [7, 11) is -2.93. The van der Waals surface area contributed by atoms with Crippen molar-refractivity contribution >= 4 is 32.5 Å². The smallest absolute Gasteiger partial charge is 0.295 e. The third kappa shape index (κ3) is 2.59. The van der Waals surface area contributed by atoms with Gasteiger partial charge in [0.1, 0.15) is 10.6 Å². The summed E-state index contributed by atoms with van der Waals surface area (Å²) in [6, 6.07) is 7.43. The van der Waals surface area contributed by atoms with Crippen LogP contribution in [0.1, 0.15) is 6.92 Å². The lowest BCUT2D eigenvalue weighted by atomic mass is 10.1. The van der Waals surface area contributed by atoms with E-state index in [2.05, 4.69) is 5.32 Å². The Bertz CT molecular complexity index is 783. The fourth-order valence-corrected chi connectivity index (χ4v) is 2.72. The Labute approximate surface area is 116 Å². The molecule has 2 N–H and O–H groups in total. The molecule has 0 heterocycles. The Hall–Kier alpha value is -2.12. The normalized spacial score (nSPS) is 11.3. The molecule has 0 aliphatic heterocycles. The first kappa shape index (κ1) is 14.3. The number of rotatable bonds is 3. The minimum absolute atomic E-state index is 0.236. The predicted molar refractivity (Wildman–Crippen MR) is 74.6 cm³/mol. The van der Waals surface area contributed by atoms with Gasteiger partial charge in [-0.25, -0.2) is 0 Å². The summed E-state index contributed by atoms with van der Waals surface area (Å²) in [4.78, 5) is 11.0. The molecular formula is C13H13NO5S. The summed E-state index contributed by atoms with van der Waals surface area (Å²) in [6.45, 7) is 1.35. The van der Waals surface area contributed by atoms with Crippen LogP contribution in [0.25, 0.3) is 10.8 Å². The Morgan fingerprint density at radius 2 is 1.95 bits per heavy atom. The van der Waals surface area contributed by atoms with Gasteiger partial charge in [0.2, 0.25) is 5.91 Å². The Morgan fingerprint density at radius 1 is 1.25 bits per heavy atom. The molecule has 0 radical (unpaired) electrons. The van der Waals surface area contributed by atoms with E-state index in [1.165, 1.54) is 32.2 Å². The van der Waals surface area contributed by atoms with Crippen molar-refractivity contribution in [3.8, 4) is 5.75 Å². The van der Waals surface area contributed by atoms with Crippen molar-refractivity contribution in [2.24, 2.45) is 0 Å². The molecule has 20 heavy (non-hydrogen) atoms. The molecule has 7 heteroatoms. The minimum Gasteiger partial charge on any atom is -0.496 e. The highest BCUT2D eigenvalue weighted by Gasteiger charge is 2.18. The molecule has 0 aliphatic rings. The highest BCUT2D eigenvalue weighted by molar-refractivity contribution is 7.86. The maximum absolute atomic E-state index is 11.4. The third-order valence-corrected chi connectivity index (χ3v) is 3.68. The zero-order valence-corrected chi connectivity index (χ0v) is 11.7. The maximum atomic E-state index is 11.4.